The maximum atomic E-state index is 12.9. The van der Waals surface area contributed by atoms with E-state index in [0.29, 0.717) is 21.9 Å². The molecule has 4 rings (SSSR count). The van der Waals surface area contributed by atoms with E-state index in [0.717, 1.165) is 20.4 Å². The number of esters is 1. The Hall–Kier alpha value is -3.10. The molecule has 30 heavy (non-hydrogen) atoms. The van der Waals surface area contributed by atoms with E-state index in [1.54, 1.807) is 49.2 Å². The lowest BCUT2D eigenvalue weighted by Crippen LogP contribution is -2.30. The number of anilines is 1. The number of fused-ring (bicyclic) bond motifs is 1. The predicted molar refractivity (Wildman–Crippen MR) is 116 cm³/mol. The van der Waals surface area contributed by atoms with E-state index >= 15 is 0 Å². The lowest BCUT2D eigenvalue weighted by molar-refractivity contribution is 0.0602. The largest absolute Gasteiger partial charge is 0.497 e. The average molecular weight is 440 g/mol. The Morgan fingerprint density at radius 3 is 2.20 bits per heavy atom. The standard InChI is InChI=1S/C22H17NO5S2/c1-27-13-7-9-14(10-8-13)29-12-15-11-18(22(26)28-2)21(30-15)23-19(24)16-5-3-4-6-17(16)20(23)25/h3-11H,12H2,1-2H3. The van der Waals surface area contributed by atoms with Gasteiger partial charge in [-0.05, 0) is 42.5 Å². The fourth-order valence-corrected chi connectivity index (χ4v) is 5.19. The number of carbonyl (C=O) groups is 3. The summed E-state index contributed by atoms with van der Waals surface area (Å²) < 4.78 is 10.0. The van der Waals surface area contributed by atoms with Crippen molar-refractivity contribution in [3.8, 4) is 5.75 Å². The molecule has 1 aliphatic heterocycles. The molecule has 0 bridgehead atoms. The molecule has 0 spiro atoms. The van der Waals surface area contributed by atoms with Crippen molar-refractivity contribution in [2.75, 3.05) is 19.1 Å². The Kier molecular flexibility index (Phi) is 5.61. The van der Waals surface area contributed by atoms with Gasteiger partial charge in [-0.2, -0.15) is 0 Å². The third-order valence-corrected chi connectivity index (χ3v) is 6.97. The molecule has 0 atom stereocenters. The second-order valence-electron chi connectivity index (χ2n) is 6.38. The number of thioether (sulfide) groups is 1. The SMILES string of the molecule is COC(=O)c1cc(CSc2ccc(OC)cc2)sc1N1C(=O)c2ccccc2C1=O. The van der Waals surface area contributed by atoms with Gasteiger partial charge in [-0.1, -0.05) is 12.1 Å². The third-order valence-electron chi connectivity index (χ3n) is 4.61. The van der Waals surface area contributed by atoms with Gasteiger partial charge >= 0.3 is 5.97 Å². The fraction of sp³-hybridized carbons (Fsp3) is 0.136. The van der Waals surface area contributed by atoms with Gasteiger partial charge in [0.1, 0.15) is 10.8 Å². The van der Waals surface area contributed by atoms with Crippen LogP contribution in [0.1, 0.15) is 36.0 Å². The first kappa shape index (κ1) is 20.2. The molecule has 1 aliphatic rings. The molecule has 2 amide bonds. The van der Waals surface area contributed by atoms with Gasteiger partial charge in [-0.15, -0.1) is 23.1 Å². The number of benzene rings is 2. The van der Waals surface area contributed by atoms with E-state index in [9.17, 15) is 14.4 Å². The van der Waals surface area contributed by atoms with E-state index in [1.165, 1.54) is 18.4 Å². The summed E-state index contributed by atoms with van der Waals surface area (Å²) in [5.74, 6) is -0.103. The molecule has 8 heteroatoms. The predicted octanol–water partition coefficient (Wildman–Crippen LogP) is 4.64. The van der Waals surface area contributed by atoms with Gasteiger partial charge in [0.2, 0.25) is 0 Å². The Morgan fingerprint density at radius 2 is 1.63 bits per heavy atom. The van der Waals surface area contributed by atoms with Crippen molar-refractivity contribution in [1.29, 1.82) is 0 Å². The number of hydrogen-bond donors (Lipinski definition) is 0. The first-order valence-corrected chi connectivity index (χ1v) is 10.8. The maximum Gasteiger partial charge on any atom is 0.340 e. The summed E-state index contributed by atoms with van der Waals surface area (Å²) >= 11 is 2.82. The number of nitrogens with zero attached hydrogens (tertiary/aromatic N) is 1. The molecule has 3 aromatic rings. The Morgan fingerprint density at radius 1 is 1.00 bits per heavy atom. The quantitative estimate of drug-likeness (QED) is 0.317. The van der Waals surface area contributed by atoms with Gasteiger partial charge in [-0.25, -0.2) is 9.69 Å². The highest BCUT2D eigenvalue weighted by atomic mass is 32.2. The molecular formula is C22H17NO5S2. The number of thiophene rings is 1. The molecule has 6 nitrogen and oxygen atoms in total. The summed E-state index contributed by atoms with van der Waals surface area (Å²) in [5.41, 5.74) is 0.879. The Labute approximate surface area is 181 Å². The zero-order valence-electron chi connectivity index (χ0n) is 16.2. The van der Waals surface area contributed by atoms with Crippen LogP contribution in [-0.2, 0) is 10.5 Å². The number of rotatable bonds is 6. The van der Waals surface area contributed by atoms with Crippen molar-refractivity contribution >= 4 is 45.9 Å². The van der Waals surface area contributed by atoms with E-state index in [4.69, 9.17) is 9.47 Å². The lowest BCUT2D eigenvalue weighted by atomic mass is 10.1. The van der Waals surface area contributed by atoms with E-state index in [1.807, 2.05) is 24.3 Å². The molecule has 0 saturated heterocycles. The van der Waals surface area contributed by atoms with Crippen molar-refractivity contribution < 1.29 is 23.9 Å². The highest BCUT2D eigenvalue weighted by Crippen LogP contribution is 2.39. The number of carbonyl (C=O) groups excluding carboxylic acids is 3. The minimum Gasteiger partial charge on any atom is -0.497 e. The van der Waals surface area contributed by atoms with Crippen LogP contribution < -0.4 is 9.64 Å². The molecular weight excluding hydrogens is 422 g/mol. The van der Waals surface area contributed by atoms with Crippen LogP contribution in [0.25, 0.3) is 0 Å². The second kappa shape index (κ2) is 8.33. The monoisotopic (exact) mass is 439 g/mol. The average Bonchev–Trinajstić information content (AvgIpc) is 3.31. The van der Waals surface area contributed by atoms with Crippen molar-refractivity contribution in [3.63, 3.8) is 0 Å². The van der Waals surface area contributed by atoms with Crippen LogP contribution in [0, 0.1) is 0 Å². The lowest BCUT2D eigenvalue weighted by Gasteiger charge is -2.13. The number of imide groups is 1. The summed E-state index contributed by atoms with van der Waals surface area (Å²) in [5, 5.41) is 0.290. The van der Waals surface area contributed by atoms with Gasteiger partial charge < -0.3 is 9.47 Å². The minimum absolute atomic E-state index is 0.210. The van der Waals surface area contributed by atoms with Crippen LogP contribution in [0.4, 0.5) is 5.00 Å². The number of hydrogen-bond acceptors (Lipinski definition) is 7. The normalized spacial score (nSPS) is 12.8. The summed E-state index contributed by atoms with van der Waals surface area (Å²) in [6.45, 7) is 0. The Balaban J connectivity index is 1.63. The summed E-state index contributed by atoms with van der Waals surface area (Å²) in [6.07, 6.45) is 0. The molecule has 0 unspecified atom stereocenters. The third kappa shape index (κ3) is 3.59. The molecule has 152 valence electrons. The maximum absolute atomic E-state index is 12.9. The van der Waals surface area contributed by atoms with Crippen LogP contribution in [0.2, 0.25) is 0 Å². The van der Waals surface area contributed by atoms with Crippen molar-refractivity contribution in [2.45, 2.75) is 10.6 Å². The second-order valence-corrected chi connectivity index (χ2v) is 8.54. The van der Waals surface area contributed by atoms with Crippen LogP contribution in [0.5, 0.6) is 5.75 Å². The van der Waals surface area contributed by atoms with Gasteiger partial charge in [0, 0.05) is 15.5 Å². The zero-order chi connectivity index (χ0) is 21.3. The van der Waals surface area contributed by atoms with Crippen LogP contribution in [0.3, 0.4) is 0 Å². The van der Waals surface area contributed by atoms with Crippen LogP contribution in [0.15, 0.2) is 59.5 Å². The first-order valence-electron chi connectivity index (χ1n) is 8.99. The molecule has 0 saturated carbocycles. The Bertz CT molecular complexity index is 1100. The summed E-state index contributed by atoms with van der Waals surface area (Å²) in [4.78, 5) is 41.0. The highest BCUT2D eigenvalue weighted by Gasteiger charge is 2.39. The van der Waals surface area contributed by atoms with E-state index in [2.05, 4.69) is 0 Å². The van der Waals surface area contributed by atoms with Crippen LogP contribution in [-0.4, -0.2) is 32.0 Å². The van der Waals surface area contributed by atoms with Crippen molar-refractivity contribution in [2.24, 2.45) is 0 Å². The molecule has 2 heterocycles. The van der Waals surface area contributed by atoms with Gasteiger partial charge in [0.25, 0.3) is 11.8 Å². The van der Waals surface area contributed by atoms with Gasteiger partial charge in [0.15, 0.2) is 0 Å². The van der Waals surface area contributed by atoms with Crippen molar-refractivity contribution in [1.82, 2.24) is 0 Å². The molecule has 0 fully saturated rings. The van der Waals surface area contributed by atoms with E-state index < -0.39 is 17.8 Å². The van der Waals surface area contributed by atoms with E-state index in [-0.39, 0.29) is 5.56 Å². The number of ether oxygens (including phenoxy) is 2. The van der Waals surface area contributed by atoms with Gasteiger partial charge in [-0.3, -0.25) is 9.59 Å². The number of methoxy groups -OCH3 is 2. The molecule has 0 radical (unpaired) electrons. The topological polar surface area (TPSA) is 72.9 Å². The summed E-state index contributed by atoms with van der Waals surface area (Å²) in [6, 6.07) is 16.0. The smallest absolute Gasteiger partial charge is 0.340 e. The van der Waals surface area contributed by atoms with Gasteiger partial charge in [0.05, 0.1) is 30.9 Å². The fourth-order valence-electron chi connectivity index (χ4n) is 3.12. The zero-order valence-corrected chi connectivity index (χ0v) is 17.8. The van der Waals surface area contributed by atoms with Crippen LogP contribution >= 0.6 is 23.1 Å². The minimum atomic E-state index is -0.585. The number of amides is 2. The summed E-state index contributed by atoms with van der Waals surface area (Å²) in [7, 11) is 2.89. The van der Waals surface area contributed by atoms with Crippen molar-refractivity contribution in [3.05, 3.63) is 76.2 Å². The molecule has 2 aromatic carbocycles. The molecule has 1 aromatic heterocycles. The molecule has 0 N–H and O–H groups in total. The highest BCUT2D eigenvalue weighted by molar-refractivity contribution is 7.98. The molecule has 0 aliphatic carbocycles. The first-order chi connectivity index (χ1) is 14.5.